The molecule has 10 rings (SSSR count). The van der Waals surface area contributed by atoms with Gasteiger partial charge in [-0.2, -0.15) is 24.9 Å². The highest BCUT2D eigenvalue weighted by Crippen LogP contribution is 2.20. The van der Waals surface area contributed by atoms with Gasteiger partial charge in [0, 0.05) is 35.2 Å². The molecule has 0 unspecified atom stereocenters. The average molecular weight is 872 g/mol. The van der Waals surface area contributed by atoms with E-state index in [0.717, 1.165) is 0 Å². The number of aryl methyl sites for hydroxylation is 6. The summed E-state index contributed by atoms with van der Waals surface area (Å²) in [6.07, 6.45) is 9.50. The van der Waals surface area contributed by atoms with Crippen molar-refractivity contribution in [2.24, 2.45) is 49.3 Å². The van der Waals surface area contributed by atoms with Crippen molar-refractivity contribution in [2.75, 3.05) is 30.0 Å². The van der Waals surface area contributed by atoms with Crippen molar-refractivity contribution in [1.29, 1.82) is 0 Å². The maximum Gasteiger partial charge on any atom is 0.311 e. The van der Waals surface area contributed by atoms with Gasteiger partial charge in [-0.1, -0.05) is 16.6 Å². The molecule has 0 amide bonds. The zero-order chi connectivity index (χ0) is 45.2. The number of aromatic nitrogens is 20. The van der Waals surface area contributed by atoms with Gasteiger partial charge in [-0.05, 0) is 0 Å². The summed E-state index contributed by atoms with van der Waals surface area (Å²) >= 11 is 5.77. The van der Waals surface area contributed by atoms with E-state index >= 15 is 0 Å². The second kappa shape index (κ2) is 17.3. The van der Waals surface area contributed by atoms with Crippen molar-refractivity contribution >= 4 is 91.2 Å². The number of hydrogen-bond acceptors (Lipinski definition) is 19. The van der Waals surface area contributed by atoms with E-state index in [1.54, 1.807) is 87.2 Å². The van der Waals surface area contributed by atoms with E-state index in [1.165, 1.54) is 18.0 Å². The zero-order valence-corrected chi connectivity index (χ0v) is 35.1. The van der Waals surface area contributed by atoms with Gasteiger partial charge in [-0.25, -0.2) is 29.5 Å². The van der Waals surface area contributed by atoms with Crippen LogP contribution < -0.4 is 48.9 Å². The Balaban J connectivity index is 0.000000129. The van der Waals surface area contributed by atoms with Gasteiger partial charge in [-0.15, -0.1) is 0 Å². The molecule has 0 aliphatic rings. The van der Waals surface area contributed by atoms with Crippen molar-refractivity contribution in [3.8, 4) is 5.88 Å². The van der Waals surface area contributed by atoms with Crippen molar-refractivity contribution in [2.45, 2.75) is 0 Å². The number of hydrogen-bond donors (Lipinski definition) is 6. The van der Waals surface area contributed by atoms with E-state index in [1.807, 2.05) is 21.1 Å². The number of imidazole rings is 5. The smallest absolute Gasteiger partial charge is 0.311 e. The van der Waals surface area contributed by atoms with Crippen LogP contribution in [-0.2, 0) is 49.3 Å². The van der Waals surface area contributed by atoms with E-state index in [4.69, 9.17) is 39.3 Å². The standard InChI is InChI=1S/3C7H9N5O.C6H6ClN5.C6H6N4O/c1-11-3-12(2)5-4(11)6(13)10-7(8)9-5;1-12-3-9-4-5(12)10-7(8)11-6(4)13-2;1-11-3-9-4-5(11)10-7(8)12(2)6(4)13;1-12-2-9-3-4(7)10-6(8)11-5(3)12;1-10-3-9-4-5(10)7-2-8-6(4)11/h3H,1-2H3,(H2-,8,9,10,13);3H,1-2H3,(H2,8,10,11);3H,1-2H3,(H2,8,10);2H,1H3,(H2,8,10,11);2-3H,1H3,(H,7,8,11)/p+1. The van der Waals surface area contributed by atoms with Crippen LogP contribution in [0.5, 0.6) is 5.88 Å². The van der Waals surface area contributed by atoms with E-state index in [9.17, 15) is 14.4 Å². The number of methoxy groups -OCH3 is 1. The molecule has 62 heavy (non-hydrogen) atoms. The topological polar surface area (TPSA) is 371 Å². The summed E-state index contributed by atoms with van der Waals surface area (Å²) in [4.78, 5) is 82.5. The summed E-state index contributed by atoms with van der Waals surface area (Å²) < 4.78 is 16.6. The second-order valence-electron chi connectivity index (χ2n) is 13.1. The molecule has 0 saturated heterocycles. The number of nitrogens with one attached hydrogen (secondary N) is 2. The molecule has 0 aliphatic carbocycles. The third-order valence-electron chi connectivity index (χ3n) is 8.68. The predicted octanol–water partition coefficient (Wildman–Crippen LogP) is -1.87. The molecule has 0 fully saturated rings. The van der Waals surface area contributed by atoms with Crippen LogP contribution in [0.4, 0.5) is 23.8 Å². The van der Waals surface area contributed by atoms with Crippen LogP contribution in [0.2, 0.25) is 5.15 Å². The first-order chi connectivity index (χ1) is 29.4. The third kappa shape index (κ3) is 8.59. The summed E-state index contributed by atoms with van der Waals surface area (Å²) in [5, 5.41) is 0.290. The summed E-state index contributed by atoms with van der Waals surface area (Å²) in [7, 11) is 13.9. The fourth-order valence-corrected chi connectivity index (χ4v) is 5.86. The maximum absolute atomic E-state index is 11.5. The van der Waals surface area contributed by atoms with Gasteiger partial charge in [0.25, 0.3) is 22.6 Å². The van der Waals surface area contributed by atoms with Gasteiger partial charge in [-0.3, -0.25) is 28.5 Å². The summed E-state index contributed by atoms with van der Waals surface area (Å²) in [5.74, 6) is 1.09. The number of halogens is 1. The molecule has 10 aromatic rings. The zero-order valence-electron chi connectivity index (χ0n) is 34.3. The van der Waals surface area contributed by atoms with Crippen molar-refractivity contribution in [1.82, 2.24) is 92.2 Å². The highest BCUT2D eigenvalue weighted by Gasteiger charge is 2.17. The number of fused-ring (bicyclic) bond motifs is 5. The maximum atomic E-state index is 11.5. The molecule has 0 atom stereocenters. The molecular weight excluding hydrogens is 832 g/mol. The van der Waals surface area contributed by atoms with Gasteiger partial charge >= 0.3 is 5.65 Å². The number of nitrogens with two attached hydrogens (primary N) is 4. The quantitative estimate of drug-likeness (QED) is 0.0777. The number of ether oxygens (including phenoxy) is 1. The molecule has 10 heterocycles. The van der Waals surface area contributed by atoms with E-state index in [0.29, 0.717) is 61.7 Å². The lowest BCUT2D eigenvalue weighted by molar-refractivity contribution is -0.647. The lowest BCUT2D eigenvalue weighted by Crippen LogP contribution is -2.27. The van der Waals surface area contributed by atoms with Crippen LogP contribution in [0.15, 0.2) is 52.3 Å². The molecule has 0 bridgehead atoms. The minimum absolute atomic E-state index is 0.138. The lowest BCUT2D eigenvalue weighted by Gasteiger charge is -2.01. The highest BCUT2D eigenvalue weighted by molar-refractivity contribution is 6.33. The van der Waals surface area contributed by atoms with Gasteiger partial charge < -0.3 is 50.9 Å². The van der Waals surface area contributed by atoms with Crippen LogP contribution in [-0.4, -0.2) is 99.3 Å². The van der Waals surface area contributed by atoms with Crippen LogP contribution in [0.25, 0.3) is 55.8 Å². The highest BCUT2D eigenvalue weighted by atomic mass is 35.5. The fourth-order valence-electron chi connectivity index (χ4n) is 5.65. The van der Waals surface area contributed by atoms with Crippen molar-refractivity contribution < 1.29 is 9.30 Å². The number of rotatable bonds is 1. The van der Waals surface area contributed by atoms with Gasteiger partial charge in [0.15, 0.2) is 50.6 Å². The summed E-state index contributed by atoms with van der Waals surface area (Å²) in [6.45, 7) is 0. The largest absolute Gasteiger partial charge is 0.479 e. The van der Waals surface area contributed by atoms with Crippen LogP contribution in [0.3, 0.4) is 0 Å². The minimum atomic E-state index is -0.219. The van der Waals surface area contributed by atoms with Crippen LogP contribution in [0, 0.1) is 0 Å². The Kier molecular flexibility index (Phi) is 12.0. The average Bonchev–Trinajstić information content (AvgIpc) is 4.05. The first-order valence-corrected chi connectivity index (χ1v) is 18.0. The molecule has 29 heteroatoms. The molecule has 10 N–H and O–H groups in total. The first-order valence-electron chi connectivity index (χ1n) is 17.7. The van der Waals surface area contributed by atoms with Gasteiger partial charge in [0.05, 0.1) is 52.8 Å². The third-order valence-corrected chi connectivity index (χ3v) is 8.95. The minimum Gasteiger partial charge on any atom is -0.479 e. The van der Waals surface area contributed by atoms with Crippen LogP contribution in [0.1, 0.15) is 0 Å². The number of H-pyrrole nitrogens is 2. The van der Waals surface area contributed by atoms with Crippen molar-refractivity contribution in [3.63, 3.8) is 0 Å². The molecule has 28 nitrogen and oxygen atoms in total. The van der Waals surface area contributed by atoms with E-state index in [-0.39, 0.29) is 45.6 Å². The normalized spacial score (nSPS) is 10.8. The molecule has 0 aromatic carbocycles. The van der Waals surface area contributed by atoms with E-state index < -0.39 is 0 Å². The predicted molar refractivity (Wildman–Crippen MR) is 227 cm³/mol. The second-order valence-corrected chi connectivity index (χ2v) is 13.5. The monoisotopic (exact) mass is 871 g/mol. The van der Waals surface area contributed by atoms with Crippen molar-refractivity contribution in [3.05, 3.63) is 74.2 Å². The van der Waals surface area contributed by atoms with E-state index in [2.05, 4.69) is 64.8 Å². The Morgan fingerprint density at radius 2 is 1.16 bits per heavy atom. The SMILES string of the molecule is COc1nc(N)nc2c1ncn2C.Cn1c(N)nc2c(ncn2C)c1=O.Cn1c[n+](C)c2nc(N)[nH]c(=O)c21.Cn1cnc2c(=O)[nH]cnc21.Cn1cnc2c(Cl)nc(N)nc21. The molecule has 0 radical (unpaired) electrons. The van der Waals surface area contributed by atoms with Gasteiger partial charge in [0.1, 0.15) is 5.52 Å². The Labute approximate surface area is 351 Å². The first kappa shape index (κ1) is 43.0. The lowest BCUT2D eigenvalue weighted by atomic mass is 10.5. The Morgan fingerprint density at radius 3 is 1.77 bits per heavy atom. The molecule has 0 aliphatic heterocycles. The van der Waals surface area contributed by atoms with Crippen LogP contribution >= 0.6 is 11.6 Å². The molecule has 322 valence electrons. The number of anilines is 4. The summed E-state index contributed by atoms with van der Waals surface area (Å²) in [5.41, 5.74) is 26.7. The number of aromatic amines is 2. The Bertz CT molecular complexity index is 3420. The number of nitrogen functional groups attached to an aromatic ring is 4. The Hall–Kier alpha value is -8.56. The van der Waals surface area contributed by atoms with Gasteiger partial charge in [0.2, 0.25) is 29.2 Å². The fraction of sp³-hybridized carbons (Fsp3) is 0.242. The molecule has 0 saturated carbocycles. The molecule has 0 spiro atoms. The Morgan fingerprint density at radius 1 is 0.629 bits per heavy atom. The summed E-state index contributed by atoms with van der Waals surface area (Å²) in [6, 6.07) is 0. The molecule has 10 aromatic heterocycles. The molecular formula is C33H40ClN24O4+. The number of nitrogens with zero attached hydrogens (tertiary/aromatic N) is 18.